The van der Waals surface area contributed by atoms with Crippen LogP contribution in [0.3, 0.4) is 0 Å². The van der Waals surface area contributed by atoms with E-state index in [1.807, 2.05) is 36.4 Å². The highest BCUT2D eigenvalue weighted by Crippen LogP contribution is 2.33. The lowest BCUT2D eigenvalue weighted by molar-refractivity contribution is 1.27. The second kappa shape index (κ2) is 6.26. The molecule has 6 aromatic rings. The van der Waals surface area contributed by atoms with Gasteiger partial charge in [-0.1, -0.05) is 6.07 Å². The van der Waals surface area contributed by atoms with Gasteiger partial charge in [0.05, 0.1) is 44.5 Å². The maximum Gasteiger partial charge on any atom is 0.0996 e. The summed E-state index contributed by atoms with van der Waals surface area (Å²) in [6.45, 7) is 4.20. The molecule has 0 atom stereocenters. The molecule has 0 N–H and O–H groups in total. The molecule has 5 heteroatoms. The first-order valence-electron chi connectivity index (χ1n) is 9.86. The molecule has 30 heavy (non-hydrogen) atoms. The zero-order valence-electron chi connectivity index (χ0n) is 16.6. The first-order valence-corrected chi connectivity index (χ1v) is 9.86. The average molecular weight is 387 g/mol. The van der Waals surface area contributed by atoms with Gasteiger partial charge < -0.3 is 0 Å². The standard InChI is InChI=1S/C25H17N5/c1-14-12-20-21(13-15(14)2)30-25-17-8-9-19(18-7-3-4-10-26-18)28-23(17)22-16(24(25)29-20)6-5-11-27-22/h3-13H,1-2H3. The fourth-order valence-electron chi connectivity index (χ4n) is 3.96. The summed E-state index contributed by atoms with van der Waals surface area (Å²) in [7, 11) is 0. The summed E-state index contributed by atoms with van der Waals surface area (Å²) < 4.78 is 0. The molecule has 0 aliphatic heterocycles. The van der Waals surface area contributed by atoms with Crippen LogP contribution in [0.1, 0.15) is 11.1 Å². The number of hydrogen-bond donors (Lipinski definition) is 0. The lowest BCUT2D eigenvalue weighted by Gasteiger charge is -2.11. The molecule has 0 saturated heterocycles. The zero-order chi connectivity index (χ0) is 20.2. The van der Waals surface area contributed by atoms with Gasteiger partial charge in [0.25, 0.3) is 0 Å². The number of rotatable bonds is 1. The predicted octanol–water partition coefficient (Wildman–Crippen LogP) is 5.56. The van der Waals surface area contributed by atoms with Crippen LogP contribution in [0.4, 0.5) is 0 Å². The van der Waals surface area contributed by atoms with Crippen molar-refractivity contribution in [2.24, 2.45) is 0 Å². The monoisotopic (exact) mass is 387 g/mol. The summed E-state index contributed by atoms with van der Waals surface area (Å²) >= 11 is 0. The fourth-order valence-corrected chi connectivity index (χ4v) is 3.96. The quantitative estimate of drug-likeness (QED) is 0.273. The Balaban J connectivity index is 1.79. The third-order valence-electron chi connectivity index (χ3n) is 5.64. The Morgan fingerprint density at radius 2 is 1.20 bits per heavy atom. The molecule has 0 radical (unpaired) electrons. The van der Waals surface area contributed by atoms with E-state index in [0.29, 0.717) is 0 Å². The summed E-state index contributed by atoms with van der Waals surface area (Å²) in [5, 5.41) is 1.90. The Labute approximate surface area is 172 Å². The minimum Gasteiger partial charge on any atom is -0.255 e. The van der Waals surface area contributed by atoms with Crippen LogP contribution < -0.4 is 0 Å². The van der Waals surface area contributed by atoms with E-state index in [0.717, 1.165) is 55.3 Å². The first kappa shape index (κ1) is 16.9. The van der Waals surface area contributed by atoms with Crippen molar-refractivity contribution < 1.29 is 0 Å². The van der Waals surface area contributed by atoms with Crippen LogP contribution in [0, 0.1) is 13.8 Å². The third-order valence-corrected chi connectivity index (χ3v) is 5.64. The molecule has 0 bridgehead atoms. The molecule has 6 rings (SSSR count). The SMILES string of the molecule is Cc1cc2nc3c4cccnc4c4nc(-c5ccccn5)ccc4c3nc2cc1C. The van der Waals surface area contributed by atoms with Crippen LogP contribution in [-0.2, 0) is 0 Å². The fraction of sp³-hybridized carbons (Fsp3) is 0.0800. The second-order valence-corrected chi connectivity index (χ2v) is 7.55. The molecule has 0 amide bonds. The van der Waals surface area contributed by atoms with Gasteiger partial charge in [-0.05, 0) is 73.5 Å². The Morgan fingerprint density at radius 3 is 1.90 bits per heavy atom. The van der Waals surface area contributed by atoms with Crippen molar-refractivity contribution in [1.82, 2.24) is 24.9 Å². The van der Waals surface area contributed by atoms with Crippen molar-refractivity contribution in [2.75, 3.05) is 0 Å². The van der Waals surface area contributed by atoms with Gasteiger partial charge in [-0.15, -0.1) is 0 Å². The van der Waals surface area contributed by atoms with Crippen molar-refractivity contribution in [3.05, 3.63) is 78.1 Å². The van der Waals surface area contributed by atoms with Crippen molar-refractivity contribution in [1.29, 1.82) is 0 Å². The van der Waals surface area contributed by atoms with Crippen LogP contribution in [0.2, 0.25) is 0 Å². The summed E-state index contributed by atoms with van der Waals surface area (Å²) in [6.07, 6.45) is 3.57. The largest absolute Gasteiger partial charge is 0.255 e. The van der Waals surface area contributed by atoms with E-state index in [4.69, 9.17) is 15.0 Å². The maximum atomic E-state index is 5.01. The van der Waals surface area contributed by atoms with Gasteiger partial charge in [-0.25, -0.2) is 15.0 Å². The Morgan fingerprint density at radius 1 is 0.533 bits per heavy atom. The molecule has 5 nitrogen and oxygen atoms in total. The number of hydrogen-bond acceptors (Lipinski definition) is 5. The highest BCUT2D eigenvalue weighted by molar-refractivity contribution is 6.21. The lowest BCUT2D eigenvalue weighted by Crippen LogP contribution is -1.96. The van der Waals surface area contributed by atoms with Crippen molar-refractivity contribution in [3.8, 4) is 11.4 Å². The minimum absolute atomic E-state index is 0.814. The molecule has 0 fully saturated rings. The van der Waals surface area contributed by atoms with E-state index in [1.165, 1.54) is 11.1 Å². The van der Waals surface area contributed by atoms with Crippen LogP contribution in [0.25, 0.3) is 55.3 Å². The van der Waals surface area contributed by atoms with Gasteiger partial charge in [0.15, 0.2) is 0 Å². The summed E-state index contributed by atoms with van der Waals surface area (Å²) in [5.74, 6) is 0. The molecule has 0 unspecified atom stereocenters. The van der Waals surface area contributed by atoms with Crippen LogP contribution in [-0.4, -0.2) is 24.9 Å². The number of aromatic nitrogens is 5. The smallest absolute Gasteiger partial charge is 0.0996 e. The molecule has 0 aliphatic carbocycles. The summed E-state index contributed by atoms with van der Waals surface area (Å²) in [4.78, 5) is 24.1. The van der Waals surface area contributed by atoms with Gasteiger partial charge in [-0.2, -0.15) is 0 Å². The third kappa shape index (κ3) is 2.45. The van der Waals surface area contributed by atoms with E-state index in [2.05, 4.69) is 42.0 Å². The number of benzene rings is 2. The van der Waals surface area contributed by atoms with Crippen LogP contribution in [0.15, 0.2) is 67.0 Å². The topological polar surface area (TPSA) is 64.5 Å². The minimum atomic E-state index is 0.814. The number of nitrogens with zero attached hydrogens (tertiary/aromatic N) is 5. The van der Waals surface area contributed by atoms with Gasteiger partial charge in [-0.3, -0.25) is 9.97 Å². The van der Waals surface area contributed by atoms with Gasteiger partial charge >= 0.3 is 0 Å². The number of fused-ring (bicyclic) bond motifs is 7. The molecule has 0 saturated carbocycles. The van der Waals surface area contributed by atoms with Crippen molar-refractivity contribution >= 4 is 43.9 Å². The van der Waals surface area contributed by atoms with Gasteiger partial charge in [0.1, 0.15) is 0 Å². The highest BCUT2D eigenvalue weighted by atomic mass is 14.8. The summed E-state index contributed by atoms with van der Waals surface area (Å²) in [5.41, 5.74) is 9.20. The van der Waals surface area contributed by atoms with E-state index in [1.54, 1.807) is 12.4 Å². The number of pyridine rings is 3. The Kier molecular flexibility index (Phi) is 3.53. The molecule has 0 spiro atoms. The van der Waals surface area contributed by atoms with Crippen molar-refractivity contribution in [3.63, 3.8) is 0 Å². The normalized spacial score (nSPS) is 11.7. The number of aryl methyl sites for hydroxylation is 2. The molecule has 4 heterocycles. The second-order valence-electron chi connectivity index (χ2n) is 7.55. The predicted molar refractivity (Wildman–Crippen MR) is 120 cm³/mol. The summed E-state index contributed by atoms with van der Waals surface area (Å²) in [6, 6.07) is 18.1. The maximum absolute atomic E-state index is 5.01. The Bertz CT molecular complexity index is 1610. The van der Waals surface area contributed by atoms with Crippen LogP contribution in [0.5, 0.6) is 0 Å². The van der Waals surface area contributed by atoms with E-state index in [9.17, 15) is 0 Å². The molecule has 142 valence electrons. The first-order chi connectivity index (χ1) is 14.7. The zero-order valence-corrected chi connectivity index (χ0v) is 16.6. The highest BCUT2D eigenvalue weighted by Gasteiger charge is 2.15. The van der Waals surface area contributed by atoms with E-state index < -0.39 is 0 Å². The van der Waals surface area contributed by atoms with Crippen LogP contribution >= 0.6 is 0 Å². The lowest BCUT2D eigenvalue weighted by atomic mass is 10.0. The molecule has 2 aromatic carbocycles. The molecule has 4 aromatic heterocycles. The average Bonchev–Trinajstić information content (AvgIpc) is 2.79. The van der Waals surface area contributed by atoms with E-state index in [-0.39, 0.29) is 0 Å². The van der Waals surface area contributed by atoms with Gasteiger partial charge in [0.2, 0.25) is 0 Å². The van der Waals surface area contributed by atoms with E-state index >= 15 is 0 Å². The van der Waals surface area contributed by atoms with Crippen molar-refractivity contribution in [2.45, 2.75) is 13.8 Å². The Hall–Kier alpha value is -3.99. The molecular weight excluding hydrogens is 370 g/mol. The van der Waals surface area contributed by atoms with Gasteiger partial charge in [0, 0.05) is 23.2 Å². The molecular formula is C25H17N5. The molecule has 0 aliphatic rings.